The number of anilines is 1. The monoisotopic (exact) mass is 268 g/mol. The van der Waals surface area contributed by atoms with Gasteiger partial charge in [0.1, 0.15) is 0 Å². The van der Waals surface area contributed by atoms with E-state index in [0.717, 1.165) is 26.2 Å². The number of aliphatic hydroxyl groups excluding tert-OH is 1. The Bertz CT molecular complexity index is 376. The van der Waals surface area contributed by atoms with Crippen LogP contribution in [0.1, 0.15) is 12.8 Å². The molecule has 6 nitrogen and oxygen atoms in total. The normalized spacial score (nSPS) is 21.7. The first-order valence-corrected chi connectivity index (χ1v) is 6.86. The van der Waals surface area contributed by atoms with Crippen molar-refractivity contribution in [1.29, 1.82) is 0 Å². The molecule has 3 N–H and O–H groups in total. The molecule has 1 saturated heterocycles. The number of nitrogens with zero attached hydrogens (tertiary/aromatic N) is 3. The van der Waals surface area contributed by atoms with Crippen molar-refractivity contribution in [3.63, 3.8) is 0 Å². The molecule has 2 rings (SSSR count). The zero-order valence-corrected chi connectivity index (χ0v) is 11.5. The van der Waals surface area contributed by atoms with Gasteiger partial charge >= 0.3 is 0 Å². The Morgan fingerprint density at radius 1 is 1.68 bits per heavy atom. The summed E-state index contributed by atoms with van der Waals surface area (Å²) in [5.41, 5.74) is 6.21. The van der Waals surface area contributed by atoms with Gasteiger partial charge in [-0.3, -0.25) is 4.68 Å². The van der Waals surface area contributed by atoms with Gasteiger partial charge in [0.05, 0.1) is 31.1 Å². The molecule has 0 amide bonds. The average molecular weight is 268 g/mol. The molecule has 0 saturated carbocycles. The summed E-state index contributed by atoms with van der Waals surface area (Å²) in [4.78, 5) is 2.16. The summed E-state index contributed by atoms with van der Waals surface area (Å²) in [7, 11) is 2.04. The zero-order valence-electron chi connectivity index (χ0n) is 11.5. The highest BCUT2D eigenvalue weighted by atomic mass is 16.5. The van der Waals surface area contributed by atoms with Crippen LogP contribution in [-0.4, -0.2) is 59.2 Å². The number of rotatable bonds is 6. The zero-order chi connectivity index (χ0) is 13.7. The molecule has 1 aliphatic rings. The van der Waals surface area contributed by atoms with Crippen LogP contribution in [0.25, 0.3) is 0 Å². The fourth-order valence-electron chi connectivity index (χ4n) is 2.58. The molecule has 6 heteroatoms. The minimum absolute atomic E-state index is 0.436. The number of nitrogens with two attached hydrogens (primary N) is 1. The third-order valence-corrected chi connectivity index (χ3v) is 3.40. The van der Waals surface area contributed by atoms with E-state index in [9.17, 15) is 5.11 Å². The van der Waals surface area contributed by atoms with E-state index in [1.165, 1.54) is 6.42 Å². The molecule has 1 aromatic rings. The highest BCUT2D eigenvalue weighted by Gasteiger charge is 2.17. The van der Waals surface area contributed by atoms with Gasteiger partial charge < -0.3 is 20.5 Å². The SMILES string of the molecule is CN(CC(O)Cn1cc(N)cn1)CC1CCCOC1. The molecule has 0 aromatic carbocycles. The quantitative estimate of drug-likeness (QED) is 0.770. The standard InChI is InChI=1S/C13H24N4O2/c1-16(6-11-3-2-4-19-10-11)8-13(18)9-17-7-12(14)5-15-17/h5,7,11,13,18H,2-4,6,8-10,14H2,1H3. The van der Waals surface area contributed by atoms with Crippen LogP contribution in [-0.2, 0) is 11.3 Å². The molecule has 108 valence electrons. The minimum atomic E-state index is -0.436. The Kier molecular flexibility index (Phi) is 5.18. The highest BCUT2D eigenvalue weighted by molar-refractivity contribution is 5.30. The maximum Gasteiger partial charge on any atom is 0.0862 e. The minimum Gasteiger partial charge on any atom is -0.396 e. The molecule has 0 aliphatic carbocycles. The average Bonchev–Trinajstić information content (AvgIpc) is 2.75. The molecule has 2 unspecified atom stereocenters. The molecule has 0 bridgehead atoms. The van der Waals surface area contributed by atoms with Crippen molar-refractivity contribution in [2.45, 2.75) is 25.5 Å². The third-order valence-electron chi connectivity index (χ3n) is 3.40. The van der Waals surface area contributed by atoms with E-state index in [2.05, 4.69) is 10.00 Å². The summed E-state index contributed by atoms with van der Waals surface area (Å²) in [5.74, 6) is 0.589. The number of likely N-dealkylation sites (N-methyl/N-ethyl adjacent to an activating group) is 1. The van der Waals surface area contributed by atoms with E-state index in [1.54, 1.807) is 17.1 Å². The second-order valence-electron chi connectivity index (χ2n) is 5.45. The number of aliphatic hydroxyl groups is 1. The van der Waals surface area contributed by atoms with Crippen LogP contribution in [0.15, 0.2) is 12.4 Å². The molecular formula is C13H24N4O2. The highest BCUT2D eigenvalue weighted by Crippen LogP contribution is 2.14. The molecule has 2 heterocycles. The Hall–Kier alpha value is -1.11. The first kappa shape index (κ1) is 14.3. The first-order valence-electron chi connectivity index (χ1n) is 6.86. The number of ether oxygens (including phenoxy) is 1. The van der Waals surface area contributed by atoms with Crippen molar-refractivity contribution in [2.75, 3.05) is 39.1 Å². The maximum atomic E-state index is 10.0. The van der Waals surface area contributed by atoms with Crippen molar-refractivity contribution < 1.29 is 9.84 Å². The summed E-state index contributed by atoms with van der Waals surface area (Å²) in [6, 6.07) is 0. The van der Waals surface area contributed by atoms with Crippen LogP contribution in [0.3, 0.4) is 0 Å². The van der Waals surface area contributed by atoms with E-state index in [0.29, 0.717) is 24.7 Å². The van der Waals surface area contributed by atoms with E-state index in [-0.39, 0.29) is 0 Å². The van der Waals surface area contributed by atoms with E-state index < -0.39 is 6.10 Å². The molecule has 1 aromatic heterocycles. The molecule has 19 heavy (non-hydrogen) atoms. The summed E-state index contributed by atoms with van der Waals surface area (Å²) in [6.45, 7) is 3.82. The second kappa shape index (κ2) is 6.88. The third kappa shape index (κ3) is 4.81. The van der Waals surface area contributed by atoms with Crippen molar-refractivity contribution in [3.05, 3.63) is 12.4 Å². The van der Waals surface area contributed by atoms with Crippen molar-refractivity contribution >= 4 is 5.69 Å². The van der Waals surface area contributed by atoms with E-state index in [4.69, 9.17) is 10.5 Å². The fourth-order valence-corrected chi connectivity index (χ4v) is 2.58. The van der Waals surface area contributed by atoms with Gasteiger partial charge in [-0.25, -0.2) is 0 Å². The Morgan fingerprint density at radius 2 is 2.53 bits per heavy atom. The molecule has 1 aliphatic heterocycles. The second-order valence-corrected chi connectivity index (χ2v) is 5.45. The molecule has 0 spiro atoms. The van der Waals surface area contributed by atoms with Crippen molar-refractivity contribution in [2.24, 2.45) is 5.92 Å². The summed E-state index contributed by atoms with van der Waals surface area (Å²) < 4.78 is 7.15. The lowest BCUT2D eigenvalue weighted by atomic mass is 10.0. The van der Waals surface area contributed by atoms with Gasteiger partial charge in [0.2, 0.25) is 0 Å². The Balaban J connectivity index is 1.70. The van der Waals surface area contributed by atoms with Crippen molar-refractivity contribution in [3.8, 4) is 0 Å². The molecule has 2 atom stereocenters. The molecular weight excluding hydrogens is 244 g/mol. The summed E-state index contributed by atoms with van der Waals surface area (Å²) in [5, 5.41) is 14.1. The lowest BCUT2D eigenvalue weighted by Gasteiger charge is -2.28. The van der Waals surface area contributed by atoms with Gasteiger partial charge in [-0.2, -0.15) is 5.10 Å². The smallest absolute Gasteiger partial charge is 0.0862 e. The number of hydrogen-bond donors (Lipinski definition) is 2. The number of aromatic nitrogens is 2. The van der Waals surface area contributed by atoms with Gasteiger partial charge in [-0.1, -0.05) is 0 Å². The van der Waals surface area contributed by atoms with Gasteiger partial charge in [-0.05, 0) is 25.8 Å². The predicted octanol–water partition coefficient (Wildman–Crippen LogP) is 0.185. The summed E-state index contributed by atoms with van der Waals surface area (Å²) >= 11 is 0. The van der Waals surface area contributed by atoms with Crippen LogP contribution in [0, 0.1) is 5.92 Å². The van der Waals surface area contributed by atoms with Crippen LogP contribution < -0.4 is 5.73 Å². The lowest BCUT2D eigenvalue weighted by molar-refractivity contribution is 0.0324. The topological polar surface area (TPSA) is 76.5 Å². The van der Waals surface area contributed by atoms with E-state index >= 15 is 0 Å². The van der Waals surface area contributed by atoms with Gasteiger partial charge in [-0.15, -0.1) is 0 Å². The molecule has 1 fully saturated rings. The van der Waals surface area contributed by atoms with E-state index in [1.807, 2.05) is 7.05 Å². The number of nitrogen functional groups attached to an aromatic ring is 1. The Morgan fingerprint density at radius 3 is 3.16 bits per heavy atom. The van der Waals surface area contributed by atoms with Gasteiger partial charge in [0, 0.05) is 25.9 Å². The van der Waals surface area contributed by atoms with Gasteiger partial charge in [0.25, 0.3) is 0 Å². The number of hydrogen-bond acceptors (Lipinski definition) is 5. The molecule has 0 radical (unpaired) electrons. The maximum absolute atomic E-state index is 10.0. The summed E-state index contributed by atoms with van der Waals surface area (Å²) in [6.07, 6.45) is 5.26. The van der Waals surface area contributed by atoms with Gasteiger partial charge in [0.15, 0.2) is 0 Å². The first-order chi connectivity index (χ1) is 9.13. The van der Waals surface area contributed by atoms with Crippen LogP contribution >= 0.6 is 0 Å². The largest absolute Gasteiger partial charge is 0.396 e. The van der Waals surface area contributed by atoms with Crippen LogP contribution in [0.5, 0.6) is 0 Å². The fraction of sp³-hybridized carbons (Fsp3) is 0.769. The predicted molar refractivity (Wildman–Crippen MR) is 73.7 cm³/mol. The van der Waals surface area contributed by atoms with Crippen LogP contribution in [0.2, 0.25) is 0 Å². The lowest BCUT2D eigenvalue weighted by Crippen LogP contribution is -2.37. The van der Waals surface area contributed by atoms with Crippen molar-refractivity contribution in [1.82, 2.24) is 14.7 Å². The van der Waals surface area contributed by atoms with Crippen LogP contribution in [0.4, 0.5) is 5.69 Å². The Labute approximate surface area is 114 Å².